The zero-order valence-electron chi connectivity index (χ0n) is 8.64. The molecule has 0 bridgehead atoms. The summed E-state index contributed by atoms with van der Waals surface area (Å²) in [5.41, 5.74) is 6.52. The molecular formula is C11H15NO3. The number of aliphatic hydroxyl groups excluding tert-OH is 1. The van der Waals surface area contributed by atoms with Gasteiger partial charge in [-0.2, -0.15) is 0 Å². The van der Waals surface area contributed by atoms with Gasteiger partial charge in [-0.3, -0.25) is 0 Å². The van der Waals surface area contributed by atoms with E-state index in [0.29, 0.717) is 30.1 Å². The van der Waals surface area contributed by atoms with E-state index in [4.69, 9.17) is 15.2 Å². The highest BCUT2D eigenvalue weighted by atomic mass is 16.5. The molecule has 2 rings (SSSR count). The summed E-state index contributed by atoms with van der Waals surface area (Å²) in [5, 5.41) is 9.97. The Kier molecular flexibility index (Phi) is 2.79. The van der Waals surface area contributed by atoms with Crippen LogP contribution in [-0.2, 0) is 0 Å². The van der Waals surface area contributed by atoms with Crippen molar-refractivity contribution in [1.29, 1.82) is 0 Å². The summed E-state index contributed by atoms with van der Waals surface area (Å²) >= 11 is 0. The molecule has 1 aromatic rings. The highest BCUT2D eigenvalue weighted by Crippen LogP contribution is 2.33. The molecule has 0 saturated heterocycles. The summed E-state index contributed by atoms with van der Waals surface area (Å²) in [6.45, 7) is 0.539. The first-order valence-corrected chi connectivity index (χ1v) is 4.96. The zero-order chi connectivity index (χ0) is 10.8. The van der Waals surface area contributed by atoms with Gasteiger partial charge in [0.1, 0.15) is 11.5 Å². The van der Waals surface area contributed by atoms with E-state index in [9.17, 15) is 5.11 Å². The van der Waals surface area contributed by atoms with Crippen LogP contribution in [-0.4, -0.2) is 24.9 Å². The van der Waals surface area contributed by atoms with Gasteiger partial charge >= 0.3 is 0 Å². The number of rotatable bonds is 1. The van der Waals surface area contributed by atoms with E-state index >= 15 is 0 Å². The third kappa shape index (κ3) is 1.91. The van der Waals surface area contributed by atoms with E-state index in [-0.39, 0.29) is 6.04 Å². The fourth-order valence-electron chi connectivity index (χ4n) is 1.71. The minimum Gasteiger partial charge on any atom is -0.497 e. The molecule has 1 aliphatic rings. The number of methoxy groups -OCH3 is 1. The molecule has 0 radical (unpaired) electrons. The second-order valence-electron chi connectivity index (χ2n) is 3.65. The van der Waals surface area contributed by atoms with Gasteiger partial charge in [0.25, 0.3) is 0 Å². The number of benzene rings is 1. The average Bonchev–Trinajstić information content (AvgIpc) is 2.40. The number of hydrogen-bond acceptors (Lipinski definition) is 4. The SMILES string of the molecule is COc1ccc2c(c1)[C@@H](O)[C@@H](N)CCO2. The van der Waals surface area contributed by atoms with E-state index in [1.165, 1.54) is 0 Å². The molecule has 2 atom stereocenters. The highest BCUT2D eigenvalue weighted by molar-refractivity contribution is 5.42. The number of ether oxygens (including phenoxy) is 2. The van der Waals surface area contributed by atoms with Gasteiger partial charge in [0.2, 0.25) is 0 Å². The molecule has 4 nitrogen and oxygen atoms in total. The van der Waals surface area contributed by atoms with Crippen LogP contribution in [0.25, 0.3) is 0 Å². The molecule has 0 unspecified atom stereocenters. The van der Waals surface area contributed by atoms with Gasteiger partial charge in [-0.15, -0.1) is 0 Å². The average molecular weight is 209 g/mol. The molecule has 0 spiro atoms. The topological polar surface area (TPSA) is 64.7 Å². The van der Waals surface area contributed by atoms with E-state index in [1.807, 2.05) is 6.07 Å². The predicted molar refractivity (Wildman–Crippen MR) is 56.0 cm³/mol. The second-order valence-corrected chi connectivity index (χ2v) is 3.65. The van der Waals surface area contributed by atoms with Crippen molar-refractivity contribution in [2.45, 2.75) is 18.6 Å². The van der Waals surface area contributed by atoms with Crippen LogP contribution in [0, 0.1) is 0 Å². The lowest BCUT2D eigenvalue weighted by Crippen LogP contribution is -2.28. The first-order valence-electron chi connectivity index (χ1n) is 4.96. The van der Waals surface area contributed by atoms with Crippen LogP contribution in [0.2, 0.25) is 0 Å². The smallest absolute Gasteiger partial charge is 0.125 e. The quantitative estimate of drug-likeness (QED) is 0.719. The summed E-state index contributed by atoms with van der Waals surface area (Å²) in [4.78, 5) is 0. The first kappa shape index (κ1) is 10.3. The maximum Gasteiger partial charge on any atom is 0.125 e. The van der Waals surface area contributed by atoms with Gasteiger partial charge in [0.05, 0.1) is 19.8 Å². The van der Waals surface area contributed by atoms with Crippen LogP contribution >= 0.6 is 0 Å². The minimum absolute atomic E-state index is 0.279. The Morgan fingerprint density at radius 3 is 3.07 bits per heavy atom. The summed E-state index contributed by atoms with van der Waals surface area (Å²) in [7, 11) is 1.59. The fraction of sp³-hybridized carbons (Fsp3) is 0.455. The molecule has 3 N–H and O–H groups in total. The molecule has 0 amide bonds. The Bertz CT molecular complexity index is 354. The maximum atomic E-state index is 9.97. The molecule has 1 aromatic carbocycles. The first-order chi connectivity index (χ1) is 7.22. The molecule has 0 aliphatic carbocycles. The Morgan fingerprint density at radius 2 is 2.33 bits per heavy atom. The molecule has 1 aliphatic heterocycles. The predicted octanol–water partition coefficient (Wildman–Crippen LogP) is 0.838. The van der Waals surface area contributed by atoms with E-state index in [2.05, 4.69) is 0 Å². The van der Waals surface area contributed by atoms with Gasteiger partial charge < -0.3 is 20.3 Å². The van der Waals surface area contributed by atoms with E-state index in [0.717, 1.165) is 0 Å². The number of hydrogen-bond donors (Lipinski definition) is 2. The lowest BCUT2D eigenvalue weighted by atomic mass is 10.0. The van der Waals surface area contributed by atoms with Gasteiger partial charge in [0.15, 0.2) is 0 Å². The Labute approximate surface area is 88.6 Å². The van der Waals surface area contributed by atoms with Crippen LogP contribution in [0.5, 0.6) is 11.5 Å². The maximum absolute atomic E-state index is 9.97. The Balaban J connectivity index is 2.41. The van der Waals surface area contributed by atoms with Crippen LogP contribution in [0.15, 0.2) is 18.2 Å². The van der Waals surface area contributed by atoms with Crippen LogP contribution in [0.1, 0.15) is 18.1 Å². The Morgan fingerprint density at radius 1 is 1.53 bits per heavy atom. The van der Waals surface area contributed by atoms with Crippen molar-refractivity contribution in [3.05, 3.63) is 23.8 Å². The third-order valence-electron chi connectivity index (χ3n) is 2.65. The van der Waals surface area contributed by atoms with Crippen molar-refractivity contribution in [3.8, 4) is 11.5 Å². The van der Waals surface area contributed by atoms with Crippen molar-refractivity contribution < 1.29 is 14.6 Å². The number of nitrogens with two attached hydrogens (primary N) is 1. The van der Waals surface area contributed by atoms with Crippen LogP contribution in [0.4, 0.5) is 0 Å². The minimum atomic E-state index is -0.683. The largest absolute Gasteiger partial charge is 0.497 e. The summed E-state index contributed by atoms with van der Waals surface area (Å²) in [6, 6.07) is 5.10. The molecular weight excluding hydrogens is 194 g/mol. The fourth-order valence-corrected chi connectivity index (χ4v) is 1.71. The molecule has 82 valence electrons. The lowest BCUT2D eigenvalue weighted by molar-refractivity contribution is 0.144. The summed E-state index contributed by atoms with van der Waals surface area (Å²) in [6.07, 6.45) is -0.0318. The van der Waals surface area contributed by atoms with Gasteiger partial charge in [-0.05, 0) is 24.6 Å². The molecule has 15 heavy (non-hydrogen) atoms. The lowest BCUT2D eigenvalue weighted by Gasteiger charge is -2.16. The summed E-state index contributed by atoms with van der Waals surface area (Å²) < 4.78 is 10.6. The van der Waals surface area contributed by atoms with Gasteiger partial charge in [0, 0.05) is 11.6 Å². The molecule has 1 heterocycles. The van der Waals surface area contributed by atoms with Crippen molar-refractivity contribution in [1.82, 2.24) is 0 Å². The van der Waals surface area contributed by atoms with Gasteiger partial charge in [-0.25, -0.2) is 0 Å². The van der Waals surface area contributed by atoms with Crippen LogP contribution < -0.4 is 15.2 Å². The molecule has 0 aromatic heterocycles. The van der Waals surface area contributed by atoms with Crippen LogP contribution in [0.3, 0.4) is 0 Å². The van der Waals surface area contributed by atoms with Crippen molar-refractivity contribution in [2.24, 2.45) is 5.73 Å². The van der Waals surface area contributed by atoms with Crippen molar-refractivity contribution in [2.75, 3.05) is 13.7 Å². The van der Waals surface area contributed by atoms with Crippen molar-refractivity contribution in [3.63, 3.8) is 0 Å². The molecule has 0 fully saturated rings. The van der Waals surface area contributed by atoms with Crippen molar-refractivity contribution >= 4 is 0 Å². The third-order valence-corrected chi connectivity index (χ3v) is 2.65. The molecule has 4 heteroatoms. The highest BCUT2D eigenvalue weighted by Gasteiger charge is 2.24. The van der Waals surface area contributed by atoms with E-state index in [1.54, 1.807) is 19.2 Å². The number of fused-ring (bicyclic) bond motifs is 1. The monoisotopic (exact) mass is 209 g/mol. The number of aliphatic hydroxyl groups is 1. The molecule has 0 saturated carbocycles. The Hall–Kier alpha value is -1.26. The van der Waals surface area contributed by atoms with Gasteiger partial charge in [-0.1, -0.05) is 0 Å². The second kappa shape index (κ2) is 4.08. The summed E-state index contributed by atoms with van der Waals surface area (Å²) in [5.74, 6) is 1.39. The normalized spacial score (nSPS) is 25.0. The zero-order valence-corrected chi connectivity index (χ0v) is 8.64. The van der Waals surface area contributed by atoms with E-state index < -0.39 is 6.10 Å². The standard InChI is InChI=1S/C11H15NO3/c1-14-7-2-3-10-8(6-7)11(13)9(12)4-5-15-10/h2-3,6,9,11,13H,4-5,12H2,1H3/t9-,11+/m0/s1.